The summed E-state index contributed by atoms with van der Waals surface area (Å²) in [6, 6.07) is 22.3. The first-order valence-corrected chi connectivity index (χ1v) is 12.0. The largest absolute Gasteiger partial charge is 0.481 e. The molecule has 5 nitrogen and oxygen atoms in total. The topological polar surface area (TPSA) is 58.6 Å². The number of carbonyl (C=O) groups excluding carboxylic acids is 2. The molecule has 2 amide bonds. The van der Waals surface area contributed by atoms with E-state index in [0.29, 0.717) is 13.0 Å². The Morgan fingerprint density at radius 1 is 1.00 bits per heavy atom. The number of rotatable bonds is 11. The average Bonchev–Trinajstić information content (AvgIpc) is 2.84. The van der Waals surface area contributed by atoms with Crippen molar-refractivity contribution in [3.05, 3.63) is 100 Å². The molecule has 0 spiro atoms. The highest BCUT2D eigenvalue weighted by molar-refractivity contribution is 9.10. The van der Waals surface area contributed by atoms with Crippen molar-refractivity contribution in [1.29, 1.82) is 0 Å². The SMILES string of the molecule is CCCNC(=O)C(Cc1ccccc1)N(Cc1cccc(Br)c1)C(=O)COc1ccccc1F. The van der Waals surface area contributed by atoms with Gasteiger partial charge in [0, 0.05) is 24.0 Å². The maximum atomic E-state index is 14.0. The zero-order valence-electron chi connectivity index (χ0n) is 19.0. The Balaban J connectivity index is 1.90. The molecule has 1 atom stereocenters. The van der Waals surface area contributed by atoms with Crippen LogP contribution in [-0.2, 0) is 22.6 Å². The van der Waals surface area contributed by atoms with E-state index in [9.17, 15) is 14.0 Å². The third kappa shape index (κ3) is 7.42. The van der Waals surface area contributed by atoms with Crippen LogP contribution in [0.2, 0.25) is 0 Å². The Morgan fingerprint density at radius 3 is 2.41 bits per heavy atom. The number of para-hydroxylation sites is 1. The van der Waals surface area contributed by atoms with Crippen molar-refractivity contribution in [3.8, 4) is 5.75 Å². The van der Waals surface area contributed by atoms with Crippen molar-refractivity contribution >= 4 is 27.7 Å². The second kappa shape index (κ2) is 12.9. The second-order valence-electron chi connectivity index (χ2n) is 7.87. The summed E-state index contributed by atoms with van der Waals surface area (Å²) >= 11 is 3.46. The van der Waals surface area contributed by atoms with Gasteiger partial charge in [0.2, 0.25) is 5.91 Å². The van der Waals surface area contributed by atoms with Gasteiger partial charge in [-0.2, -0.15) is 0 Å². The lowest BCUT2D eigenvalue weighted by molar-refractivity contribution is -0.142. The van der Waals surface area contributed by atoms with Crippen molar-refractivity contribution in [1.82, 2.24) is 10.2 Å². The van der Waals surface area contributed by atoms with E-state index in [2.05, 4.69) is 21.2 Å². The summed E-state index contributed by atoms with van der Waals surface area (Å²) in [5.41, 5.74) is 1.79. The maximum absolute atomic E-state index is 14.0. The van der Waals surface area contributed by atoms with Crippen LogP contribution in [0.15, 0.2) is 83.3 Å². The highest BCUT2D eigenvalue weighted by Gasteiger charge is 2.30. The number of ether oxygens (including phenoxy) is 1. The van der Waals surface area contributed by atoms with Gasteiger partial charge in [-0.05, 0) is 41.8 Å². The fourth-order valence-electron chi connectivity index (χ4n) is 3.54. The van der Waals surface area contributed by atoms with Gasteiger partial charge in [-0.25, -0.2) is 4.39 Å². The minimum Gasteiger partial charge on any atom is -0.481 e. The van der Waals surface area contributed by atoms with Gasteiger partial charge in [0.05, 0.1) is 0 Å². The van der Waals surface area contributed by atoms with Crippen LogP contribution in [-0.4, -0.2) is 35.9 Å². The Bertz CT molecular complexity index is 1090. The summed E-state index contributed by atoms with van der Waals surface area (Å²) in [6.07, 6.45) is 1.12. The molecule has 0 heterocycles. The molecule has 0 saturated heterocycles. The number of amides is 2. The Labute approximate surface area is 208 Å². The van der Waals surface area contributed by atoms with Crippen LogP contribution in [0, 0.1) is 5.82 Å². The lowest BCUT2D eigenvalue weighted by atomic mass is 10.0. The molecular weight excluding hydrogens is 499 g/mol. The first-order chi connectivity index (χ1) is 16.5. The third-order valence-electron chi connectivity index (χ3n) is 5.25. The summed E-state index contributed by atoms with van der Waals surface area (Å²) in [7, 11) is 0. The molecule has 0 bridgehead atoms. The van der Waals surface area contributed by atoms with Crippen LogP contribution < -0.4 is 10.1 Å². The van der Waals surface area contributed by atoms with Gasteiger partial charge in [0.1, 0.15) is 6.04 Å². The van der Waals surface area contributed by atoms with E-state index >= 15 is 0 Å². The predicted molar refractivity (Wildman–Crippen MR) is 134 cm³/mol. The molecule has 34 heavy (non-hydrogen) atoms. The summed E-state index contributed by atoms with van der Waals surface area (Å²) in [6.45, 7) is 2.30. The monoisotopic (exact) mass is 526 g/mol. The van der Waals surface area contributed by atoms with E-state index in [0.717, 1.165) is 22.0 Å². The molecule has 0 aliphatic carbocycles. The number of hydrogen-bond acceptors (Lipinski definition) is 3. The van der Waals surface area contributed by atoms with Gasteiger partial charge >= 0.3 is 0 Å². The fraction of sp³-hybridized carbons (Fsp3) is 0.259. The van der Waals surface area contributed by atoms with Crippen molar-refractivity contribution in [3.63, 3.8) is 0 Å². The van der Waals surface area contributed by atoms with Crippen LogP contribution >= 0.6 is 15.9 Å². The lowest BCUT2D eigenvalue weighted by Gasteiger charge is -2.31. The van der Waals surface area contributed by atoms with Gasteiger partial charge in [0.15, 0.2) is 18.2 Å². The molecule has 1 N–H and O–H groups in total. The minimum absolute atomic E-state index is 0.00620. The molecular formula is C27H28BrFN2O3. The van der Waals surface area contributed by atoms with Crippen molar-refractivity contribution in [2.24, 2.45) is 0 Å². The van der Waals surface area contributed by atoms with E-state index in [1.165, 1.54) is 17.0 Å². The van der Waals surface area contributed by atoms with Crippen molar-refractivity contribution in [2.75, 3.05) is 13.2 Å². The standard InChI is InChI=1S/C27H28BrFN2O3/c1-2-15-30-27(33)24(17-20-9-4-3-5-10-20)31(18-21-11-8-12-22(28)16-21)26(32)19-34-25-14-7-6-13-23(25)29/h3-14,16,24H,2,15,17-19H2,1H3,(H,30,33). The number of carbonyl (C=O) groups is 2. The molecule has 3 aromatic carbocycles. The Kier molecular flexibility index (Phi) is 9.64. The molecule has 0 radical (unpaired) electrons. The average molecular weight is 527 g/mol. The molecule has 0 fully saturated rings. The predicted octanol–water partition coefficient (Wildman–Crippen LogP) is 5.13. The Morgan fingerprint density at radius 2 is 1.71 bits per heavy atom. The number of nitrogens with one attached hydrogen (secondary N) is 1. The summed E-state index contributed by atoms with van der Waals surface area (Å²) in [4.78, 5) is 28.2. The van der Waals surface area contributed by atoms with Gasteiger partial charge in [0.25, 0.3) is 5.91 Å². The number of hydrogen-bond donors (Lipinski definition) is 1. The van der Waals surface area contributed by atoms with Crippen LogP contribution in [0.4, 0.5) is 4.39 Å². The van der Waals surface area contributed by atoms with E-state index < -0.39 is 17.8 Å². The molecule has 1 unspecified atom stereocenters. The van der Waals surface area contributed by atoms with E-state index in [4.69, 9.17) is 4.74 Å². The maximum Gasteiger partial charge on any atom is 0.261 e. The summed E-state index contributed by atoms with van der Waals surface area (Å²) < 4.78 is 20.4. The van der Waals surface area contributed by atoms with Gasteiger partial charge in [-0.1, -0.05) is 77.5 Å². The molecule has 0 aliphatic rings. The van der Waals surface area contributed by atoms with Crippen molar-refractivity contribution in [2.45, 2.75) is 32.4 Å². The molecule has 0 saturated carbocycles. The number of halogens is 2. The minimum atomic E-state index is -0.760. The molecule has 3 aromatic rings. The zero-order chi connectivity index (χ0) is 24.3. The summed E-state index contributed by atoms with van der Waals surface area (Å²) in [5.74, 6) is -1.19. The van der Waals surface area contributed by atoms with E-state index in [1.807, 2.05) is 61.5 Å². The quantitative estimate of drug-likeness (QED) is 0.376. The first-order valence-electron chi connectivity index (χ1n) is 11.2. The fourth-order valence-corrected chi connectivity index (χ4v) is 3.98. The van der Waals surface area contributed by atoms with Gasteiger partial charge in [-0.15, -0.1) is 0 Å². The highest BCUT2D eigenvalue weighted by atomic mass is 79.9. The molecule has 178 valence electrons. The lowest BCUT2D eigenvalue weighted by Crippen LogP contribution is -2.51. The van der Waals surface area contributed by atoms with Gasteiger partial charge in [-0.3, -0.25) is 9.59 Å². The van der Waals surface area contributed by atoms with Crippen LogP contribution in [0.3, 0.4) is 0 Å². The van der Waals surface area contributed by atoms with Crippen LogP contribution in [0.1, 0.15) is 24.5 Å². The van der Waals surface area contributed by atoms with Crippen LogP contribution in [0.25, 0.3) is 0 Å². The first kappa shape index (κ1) is 25.4. The molecule has 0 aliphatic heterocycles. The van der Waals surface area contributed by atoms with Crippen LogP contribution in [0.5, 0.6) is 5.75 Å². The van der Waals surface area contributed by atoms with E-state index in [1.54, 1.807) is 12.1 Å². The Hall–Kier alpha value is -3.19. The smallest absolute Gasteiger partial charge is 0.261 e. The van der Waals surface area contributed by atoms with Crippen molar-refractivity contribution < 1.29 is 18.7 Å². The highest BCUT2D eigenvalue weighted by Crippen LogP contribution is 2.19. The number of benzene rings is 3. The zero-order valence-corrected chi connectivity index (χ0v) is 20.6. The molecule has 3 rings (SSSR count). The third-order valence-corrected chi connectivity index (χ3v) is 5.74. The molecule has 7 heteroatoms. The molecule has 0 aromatic heterocycles. The normalized spacial score (nSPS) is 11.5. The second-order valence-corrected chi connectivity index (χ2v) is 8.78. The summed E-state index contributed by atoms with van der Waals surface area (Å²) in [5, 5.41) is 2.93. The van der Waals surface area contributed by atoms with E-state index in [-0.39, 0.29) is 24.8 Å². The number of nitrogens with zero attached hydrogens (tertiary/aromatic N) is 1. The van der Waals surface area contributed by atoms with Gasteiger partial charge < -0.3 is 15.0 Å².